The standard InChI is InChI=1S/C20H13BrClN3OS/c21-14-6-9-17-18(11-14)27-20(24-17)25(12-16-3-1-2-10-23-16)19(26)13-4-7-15(22)8-5-13/h1-11H,12H2. The van der Waals surface area contributed by atoms with Crippen LogP contribution in [-0.4, -0.2) is 15.9 Å². The van der Waals surface area contributed by atoms with E-state index in [1.807, 2.05) is 36.4 Å². The van der Waals surface area contributed by atoms with Gasteiger partial charge in [0.25, 0.3) is 5.91 Å². The molecule has 0 bridgehead atoms. The molecule has 2 aromatic carbocycles. The number of hydrogen-bond acceptors (Lipinski definition) is 4. The molecule has 0 aliphatic carbocycles. The molecule has 1 amide bonds. The second kappa shape index (κ2) is 7.76. The summed E-state index contributed by atoms with van der Waals surface area (Å²) in [5.74, 6) is -0.143. The third kappa shape index (κ3) is 4.03. The van der Waals surface area contributed by atoms with E-state index in [1.165, 1.54) is 11.3 Å². The van der Waals surface area contributed by atoms with Gasteiger partial charge >= 0.3 is 0 Å². The van der Waals surface area contributed by atoms with Crippen LogP contribution in [0.15, 0.2) is 71.3 Å². The molecule has 0 aliphatic rings. The third-order valence-corrected chi connectivity index (χ3v) is 5.74. The monoisotopic (exact) mass is 457 g/mol. The molecule has 0 aliphatic heterocycles. The summed E-state index contributed by atoms with van der Waals surface area (Å²) in [6.45, 7) is 0.337. The minimum Gasteiger partial charge on any atom is -0.278 e. The number of carbonyl (C=O) groups excluding carboxylic acids is 1. The fraction of sp³-hybridized carbons (Fsp3) is 0.0500. The number of carbonyl (C=O) groups is 1. The van der Waals surface area contributed by atoms with Crippen LogP contribution in [0.25, 0.3) is 10.2 Å². The Balaban J connectivity index is 1.76. The lowest BCUT2D eigenvalue weighted by Crippen LogP contribution is -2.30. The van der Waals surface area contributed by atoms with E-state index in [1.54, 1.807) is 35.4 Å². The molecule has 27 heavy (non-hydrogen) atoms. The van der Waals surface area contributed by atoms with E-state index < -0.39 is 0 Å². The van der Waals surface area contributed by atoms with Crippen molar-refractivity contribution < 1.29 is 4.79 Å². The number of amides is 1. The van der Waals surface area contributed by atoms with Gasteiger partial charge in [0.1, 0.15) is 0 Å². The van der Waals surface area contributed by atoms with E-state index in [-0.39, 0.29) is 5.91 Å². The van der Waals surface area contributed by atoms with Gasteiger partial charge < -0.3 is 0 Å². The average molecular weight is 459 g/mol. The van der Waals surface area contributed by atoms with Crippen LogP contribution >= 0.6 is 38.9 Å². The third-order valence-electron chi connectivity index (χ3n) is 3.95. The molecule has 0 radical (unpaired) electrons. The number of fused-ring (bicyclic) bond motifs is 1. The summed E-state index contributed by atoms with van der Waals surface area (Å²) in [5.41, 5.74) is 2.20. The quantitative estimate of drug-likeness (QED) is 0.379. The molecule has 4 nitrogen and oxygen atoms in total. The van der Waals surface area contributed by atoms with Gasteiger partial charge in [0.05, 0.1) is 22.5 Å². The van der Waals surface area contributed by atoms with Gasteiger partial charge in [-0.2, -0.15) is 0 Å². The first-order valence-corrected chi connectivity index (χ1v) is 10.1. The van der Waals surface area contributed by atoms with Gasteiger partial charge in [-0.3, -0.25) is 14.7 Å². The minimum atomic E-state index is -0.143. The number of benzene rings is 2. The second-order valence-corrected chi connectivity index (χ2v) is 8.19. The number of nitrogens with zero attached hydrogens (tertiary/aromatic N) is 3. The average Bonchev–Trinajstić information content (AvgIpc) is 3.10. The number of anilines is 1. The first-order chi connectivity index (χ1) is 13.1. The molecule has 0 spiro atoms. The molecule has 0 N–H and O–H groups in total. The van der Waals surface area contributed by atoms with Crippen LogP contribution in [0.5, 0.6) is 0 Å². The maximum atomic E-state index is 13.2. The molecule has 0 saturated carbocycles. The molecule has 4 aromatic rings. The molecule has 7 heteroatoms. The van der Waals surface area contributed by atoms with Crippen LogP contribution in [0.2, 0.25) is 5.02 Å². The van der Waals surface area contributed by atoms with Crippen molar-refractivity contribution in [2.75, 3.05) is 4.90 Å². The Hall–Kier alpha value is -2.28. The summed E-state index contributed by atoms with van der Waals surface area (Å²) >= 11 is 10.9. The topological polar surface area (TPSA) is 46.1 Å². The Labute approximate surface area is 173 Å². The van der Waals surface area contributed by atoms with Crippen molar-refractivity contribution in [3.05, 3.63) is 87.6 Å². The fourth-order valence-electron chi connectivity index (χ4n) is 2.63. The van der Waals surface area contributed by atoms with Gasteiger partial charge in [0.15, 0.2) is 5.13 Å². The Morgan fingerprint density at radius 2 is 1.93 bits per heavy atom. The predicted octanol–water partition coefficient (Wildman–Crippen LogP) is 5.95. The zero-order valence-electron chi connectivity index (χ0n) is 14.0. The smallest absolute Gasteiger partial charge is 0.260 e. The van der Waals surface area contributed by atoms with Crippen LogP contribution in [0.4, 0.5) is 5.13 Å². The van der Waals surface area contributed by atoms with Gasteiger partial charge in [-0.25, -0.2) is 4.98 Å². The highest BCUT2D eigenvalue weighted by molar-refractivity contribution is 9.10. The van der Waals surface area contributed by atoms with Crippen LogP contribution in [0.3, 0.4) is 0 Å². The zero-order valence-corrected chi connectivity index (χ0v) is 17.1. The Kier molecular flexibility index (Phi) is 5.20. The van der Waals surface area contributed by atoms with Crippen molar-refractivity contribution in [2.45, 2.75) is 6.54 Å². The number of hydrogen-bond donors (Lipinski definition) is 0. The van der Waals surface area contributed by atoms with E-state index in [0.717, 1.165) is 20.4 Å². The number of aromatic nitrogens is 2. The van der Waals surface area contributed by atoms with E-state index >= 15 is 0 Å². The van der Waals surface area contributed by atoms with Crippen LogP contribution in [0, 0.1) is 0 Å². The molecule has 2 heterocycles. The number of thiazole rings is 1. The summed E-state index contributed by atoms with van der Waals surface area (Å²) in [7, 11) is 0. The summed E-state index contributed by atoms with van der Waals surface area (Å²) < 4.78 is 1.99. The number of pyridine rings is 1. The van der Waals surface area contributed by atoms with E-state index in [2.05, 4.69) is 25.9 Å². The Bertz CT molecular complexity index is 1100. The molecule has 0 unspecified atom stereocenters. The number of rotatable bonds is 4. The van der Waals surface area contributed by atoms with Crippen LogP contribution < -0.4 is 4.90 Å². The largest absolute Gasteiger partial charge is 0.278 e. The van der Waals surface area contributed by atoms with E-state index in [4.69, 9.17) is 11.6 Å². The maximum absolute atomic E-state index is 13.2. The van der Waals surface area contributed by atoms with Crippen molar-refractivity contribution in [3.63, 3.8) is 0 Å². The molecule has 0 saturated heterocycles. The van der Waals surface area contributed by atoms with Crippen molar-refractivity contribution >= 4 is 60.1 Å². The molecular weight excluding hydrogens is 446 g/mol. The lowest BCUT2D eigenvalue weighted by Gasteiger charge is -2.19. The molecule has 2 aromatic heterocycles. The summed E-state index contributed by atoms with van der Waals surface area (Å²) in [6.07, 6.45) is 1.72. The van der Waals surface area contributed by atoms with Gasteiger partial charge in [0.2, 0.25) is 0 Å². The van der Waals surface area contributed by atoms with E-state index in [0.29, 0.717) is 22.3 Å². The minimum absolute atomic E-state index is 0.143. The predicted molar refractivity (Wildman–Crippen MR) is 114 cm³/mol. The summed E-state index contributed by atoms with van der Waals surface area (Å²) in [5, 5.41) is 1.22. The SMILES string of the molecule is O=C(c1ccc(Cl)cc1)N(Cc1ccccn1)c1nc2ccc(Br)cc2s1. The first-order valence-electron chi connectivity index (χ1n) is 8.13. The highest BCUT2D eigenvalue weighted by Crippen LogP contribution is 2.32. The van der Waals surface area contributed by atoms with Crippen molar-refractivity contribution in [1.29, 1.82) is 0 Å². The van der Waals surface area contributed by atoms with Gasteiger partial charge in [-0.1, -0.05) is 44.9 Å². The summed E-state index contributed by atoms with van der Waals surface area (Å²) in [4.78, 5) is 23.9. The Morgan fingerprint density at radius 1 is 1.11 bits per heavy atom. The second-order valence-electron chi connectivity index (χ2n) is 5.83. The summed E-state index contributed by atoms with van der Waals surface area (Å²) in [6, 6.07) is 18.4. The maximum Gasteiger partial charge on any atom is 0.260 e. The van der Waals surface area contributed by atoms with Gasteiger partial charge in [-0.05, 0) is 54.6 Å². The first kappa shape index (κ1) is 18.1. The highest BCUT2D eigenvalue weighted by Gasteiger charge is 2.22. The molecule has 0 atom stereocenters. The lowest BCUT2D eigenvalue weighted by molar-refractivity contribution is 0.0985. The normalized spacial score (nSPS) is 10.9. The Morgan fingerprint density at radius 3 is 2.67 bits per heavy atom. The molecule has 0 fully saturated rings. The van der Waals surface area contributed by atoms with Gasteiger partial charge in [-0.15, -0.1) is 0 Å². The van der Waals surface area contributed by atoms with Crippen LogP contribution in [-0.2, 0) is 6.54 Å². The molecule has 4 rings (SSSR count). The van der Waals surface area contributed by atoms with Crippen molar-refractivity contribution in [3.8, 4) is 0 Å². The number of halogens is 2. The van der Waals surface area contributed by atoms with E-state index in [9.17, 15) is 4.79 Å². The van der Waals surface area contributed by atoms with Crippen molar-refractivity contribution in [2.24, 2.45) is 0 Å². The zero-order chi connectivity index (χ0) is 18.8. The fourth-order valence-corrected chi connectivity index (χ4v) is 4.27. The lowest BCUT2D eigenvalue weighted by atomic mass is 10.2. The van der Waals surface area contributed by atoms with Gasteiger partial charge in [0, 0.05) is 21.3 Å². The molecule has 134 valence electrons. The highest BCUT2D eigenvalue weighted by atomic mass is 79.9. The molecular formula is C20H13BrClN3OS. The van der Waals surface area contributed by atoms with Crippen LogP contribution in [0.1, 0.15) is 16.1 Å². The van der Waals surface area contributed by atoms with Crippen molar-refractivity contribution in [1.82, 2.24) is 9.97 Å².